The zero-order chi connectivity index (χ0) is 14.4. The standard InChI is InChI=1S/C13H11N5OS2/c1-18-8-2-3-9-11(7(8)4-15-18)16-13(21-9)17-12(19)10-5-14-6-20-10/h4-6H,2-3H2,1H3,(H,16,17,19). The van der Waals surface area contributed by atoms with Gasteiger partial charge < -0.3 is 0 Å². The summed E-state index contributed by atoms with van der Waals surface area (Å²) in [5, 5.41) is 7.78. The van der Waals surface area contributed by atoms with Gasteiger partial charge in [-0.3, -0.25) is 19.8 Å². The van der Waals surface area contributed by atoms with Gasteiger partial charge >= 0.3 is 0 Å². The molecule has 1 aliphatic carbocycles. The van der Waals surface area contributed by atoms with Gasteiger partial charge in [-0.2, -0.15) is 5.10 Å². The maximum atomic E-state index is 12.0. The number of amides is 1. The number of thiazole rings is 2. The van der Waals surface area contributed by atoms with E-state index in [-0.39, 0.29) is 5.91 Å². The first-order valence-electron chi connectivity index (χ1n) is 6.43. The molecule has 106 valence electrons. The highest BCUT2D eigenvalue weighted by molar-refractivity contribution is 7.16. The van der Waals surface area contributed by atoms with Crippen molar-refractivity contribution in [3.63, 3.8) is 0 Å². The number of hydrogen-bond acceptors (Lipinski definition) is 6. The molecule has 0 radical (unpaired) electrons. The minimum atomic E-state index is -0.157. The monoisotopic (exact) mass is 317 g/mol. The third kappa shape index (κ3) is 2.07. The third-order valence-electron chi connectivity index (χ3n) is 3.48. The van der Waals surface area contributed by atoms with Crippen molar-refractivity contribution in [3.05, 3.63) is 33.4 Å². The van der Waals surface area contributed by atoms with Gasteiger partial charge in [0.1, 0.15) is 4.88 Å². The largest absolute Gasteiger partial charge is 0.297 e. The van der Waals surface area contributed by atoms with E-state index in [1.54, 1.807) is 11.7 Å². The predicted molar refractivity (Wildman–Crippen MR) is 81.8 cm³/mol. The number of anilines is 1. The molecule has 3 aromatic heterocycles. The second kappa shape index (κ2) is 4.74. The highest BCUT2D eigenvalue weighted by Crippen LogP contribution is 2.37. The smallest absolute Gasteiger partial charge is 0.269 e. The van der Waals surface area contributed by atoms with Gasteiger partial charge in [0.15, 0.2) is 5.13 Å². The van der Waals surface area contributed by atoms with Crippen molar-refractivity contribution < 1.29 is 4.79 Å². The molecule has 0 atom stereocenters. The Hall–Kier alpha value is -2.06. The Morgan fingerprint density at radius 3 is 3.10 bits per heavy atom. The van der Waals surface area contributed by atoms with Gasteiger partial charge in [-0.05, 0) is 12.8 Å². The minimum absolute atomic E-state index is 0.157. The summed E-state index contributed by atoms with van der Waals surface area (Å²) in [5.41, 5.74) is 4.87. The number of hydrogen-bond donors (Lipinski definition) is 1. The molecule has 0 aromatic carbocycles. The fourth-order valence-corrected chi connectivity index (χ4v) is 3.95. The summed E-state index contributed by atoms with van der Waals surface area (Å²) in [6, 6.07) is 0. The molecule has 0 bridgehead atoms. The molecule has 0 fully saturated rings. The average Bonchev–Trinajstić information content (AvgIpc) is 3.17. The Balaban J connectivity index is 1.66. The fraction of sp³-hybridized carbons (Fsp3) is 0.231. The van der Waals surface area contributed by atoms with E-state index in [1.807, 2.05) is 17.9 Å². The van der Waals surface area contributed by atoms with Crippen LogP contribution in [0.3, 0.4) is 0 Å². The van der Waals surface area contributed by atoms with Crippen molar-refractivity contribution in [2.24, 2.45) is 7.05 Å². The number of nitrogens with zero attached hydrogens (tertiary/aromatic N) is 4. The van der Waals surface area contributed by atoms with Gasteiger partial charge in [0, 0.05) is 23.2 Å². The SMILES string of the molecule is Cn1ncc2c1CCc1sc(NC(=O)c3cncs3)nc1-2. The van der Waals surface area contributed by atoms with Crippen LogP contribution in [-0.4, -0.2) is 25.7 Å². The summed E-state index contributed by atoms with van der Waals surface area (Å²) in [7, 11) is 1.95. The molecule has 6 nitrogen and oxygen atoms in total. The summed E-state index contributed by atoms with van der Waals surface area (Å²) in [6.45, 7) is 0. The lowest BCUT2D eigenvalue weighted by atomic mass is 10.0. The van der Waals surface area contributed by atoms with Crippen LogP contribution in [0.1, 0.15) is 20.2 Å². The lowest BCUT2D eigenvalue weighted by Gasteiger charge is -2.10. The van der Waals surface area contributed by atoms with Crippen LogP contribution in [0.25, 0.3) is 11.3 Å². The maximum Gasteiger partial charge on any atom is 0.269 e. The second-order valence-corrected chi connectivity index (χ2v) is 6.71. The van der Waals surface area contributed by atoms with Crippen LogP contribution in [0.4, 0.5) is 5.13 Å². The molecule has 1 N–H and O–H groups in total. The molecule has 0 saturated carbocycles. The molecule has 0 unspecified atom stereocenters. The third-order valence-corrected chi connectivity index (χ3v) is 5.28. The van der Waals surface area contributed by atoms with E-state index in [0.717, 1.165) is 24.1 Å². The van der Waals surface area contributed by atoms with E-state index < -0.39 is 0 Å². The number of aromatic nitrogens is 4. The van der Waals surface area contributed by atoms with E-state index in [0.29, 0.717) is 10.0 Å². The summed E-state index contributed by atoms with van der Waals surface area (Å²) in [6.07, 6.45) is 5.31. The Kier molecular flexibility index (Phi) is 2.86. The summed E-state index contributed by atoms with van der Waals surface area (Å²) >= 11 is 2.86. The lowest BCUT2D eigenvalue weighted by Crippen LogP contribution is -2.09. The molecule has 0 aliphatic heterocycles. The van der Waals surface area contributed by atoms with Gasteiger partial charge in [0.25, 0.3) is 5.91 Å². The molecule has 21 heavy (non-hydrogen) atoms. The van der Waals surface area contributed by atoms with Crippen LogP contribution in [0.15, 0.2) is 17.9 Å². The highest BCUT2D eigenvalue weighted by atomic mass is 32.1. The van der Waals surface area contributed by atoms with E-state index in [2.05, 4.69) is 20.4 Å². The fourth-order valence-electron chi connectivity index (χ4n) is 2.46. The van der Waals surface area contributed by atoms with Crippen molar-refractivity contribution in [1.82, 2.24) is 19.7 Å². The van der Waals surface area contributed by atoms with Gasteiger partial charge in [-0.1, -0.05) is 0 Å². The molecule has 0 saturated heterocycles. The van der Waals surface area contributed by atoms with Crippen LogP contribution < -0.4 is 5.32 Å². The van der Waals surface area contributed by atoms with Crippen molar-refractivity contribution in [1.29, 1.82) is 0 Å². The van der Waals surface area contributed by atoms with Gasteiger partial charge in [0.2, 0.25) is 0 Å². The quantitative estimate of drug-likeness (QED) is 0.787. The van der Waals surface area contributed by atoms with E-state index in [1.165, 1.54) is 33.2 Å². The van der Waals surface area contributed by atoms with E-state index in [4.69, 9.17) is 0 Å². The van der Waals surface area contributed by atoms with Crippen molar-refractivity contribution in [2.45, 2.75) is 12.8 Å². The molecular weight excluding hydrogens is 306 g/mol. The summed E-state index contributed by atoms with van der Waals surface area (Å²) in [5.74, 6) is -0.157. The topological polar surface area (TPSA) is 72.7 Å². The highest BCUT2D eigenvalue weighted by Gasteiger charge is 2.24. The number of carbonyl (C=O) groups excluding carboxylic acids is 1. The molecule has 8 heteroatoms. The van der Waals surface area contributed by atoms with Gasteiger partial charge in [-0.25, -0.2) is 4.98 Å². The van der Waals surface area contributed by atoms with Crippen LogP contribution in [0.2, 0.25) is 0 Å². The Morgan fingerprint density at radius 1 is 1.38 bits per heavy atom. The van der Waals surface area contributed by atoms with Crippen LogP contribution in [0.5, 0.6) is 0 Å². The number of nitrogens with one attached hydrogen (secondary N) is 1. The number of aryl methyl sites for hydroxylation is 2. The maximum absolute atomic E-state index is 12.0. The zero-order valence-electron chi connectivity index (χ0n) is 11.2. The second-order valence-electron chi connectivity index (χ2n) is 4.74. The normalized spacial score (nSPS) is 12.8. The van der Waals surface area contributed by atoms with Gasteiger partial charge in [-0.15, -0.1) is 22.7 Å². The summed E-state index contributed by atoms with van der Waals surface area (Å²) < 4.78 is 1.90. The first-order chi connectivity index (χ1) is 10.2. The zero-order valence-corrected chi connectivity index (χ0v) is 12.8. The van der Waals surface area contributed by atoms with Crippen LogP contribution in [-0.2, 0) is 19.9 Å². The first kappa shape index (κ1) is 12.7. The Bertz CT molecular complexity index is 818. The van der Waals surface area contributed by atoms with Crippen molar-refractivity contribution in [3.8, 4) is 11.3 Å². The van der Waals surface area contributed by atoms with Crippen molar-refractivity contribution >= 4 is 33.7 Å². The molecule has 0 spiro atoms. The van der Waals surface area contributed by atoms with E-state index in [9.17, 15) is 4.79 Å². The Morgan fingerprint density at radius 2 is 2.29 bits per heavy atom. The van der Waals surface area contributed by atoms with Crippen LogP contribution in [0, 0.1) is 0 Å². The number of rotatable bonds is 2. The molecular formula is C13H11N5OS2. The lowest BCUT2D eigenvalue weighted by molar-refractivity contribution is 0.103. The van der Waals surface area contributed by atoms with Gasteiger partial charge in [0.05, 0.1) is 23.6 Å². The van der Waals surface area contributed by atoms with Crippen molar-refractivity contribution in [2.75, 3.05) is 5.32 Å². The Labute approximate surface area is 128 Å². The first-order valence-corrected chi connectivity index (χ1v) is 8.13. The molecule has 3 heterocycles. The van der Waals surface area contributed by atoms with Crippen LogP contribution >= 0.6 is 22.7 Å². The molecule has 1 aliphatic rings. The summed E-state index contributed by atoms with van der Waals surface area (Å²) in [4.78, 5) is 22.3. The number of fused-ring (bicyclic) bond motifs is 3. The molecule has 4 rings (SSSR count). The van der Waals surface area contributed by atoms with E-state index >= 15 is 0 Å². The predicted octanol–water partition coefficient (Wildman–Crippen LogP) is 2.35. The molecule has 1 amide bonds. The minimum Gasteiger partial charge on any atom is -0.297 e. The number of carbonyl (C=O) groups is 1. The average molecular weight is 317 g/mol. The molecule has 3 aromatic rings.